The van der Waals surface area contributed by atoms with Crippen LogP contribution in [-0.4, -0.2) is 18.0 Å². The van der Waals surface area contributed by atoms with Crippen LogP contribution in [0.1, 0.15) is 18.9 Å². The molecule has 132 valence electrons. The Bertz CT molecular complexity index is 780. The molecule has 0 aliphatic carbocycles. The van der Waals surface area contributed by atoms with Crippen LogP contribution in [0.2, 0.25) is 0 Å². The van der Waals surface area contributed by atoms with E-state index in [-0.39, 0.29) is 18.5 Å². The van der Waals surface area contributed by atoms with Crippen LogP contribution in [-0.2, 0) is 20.7 Å². The fourth-order valence-electron chi connectivity index (χ4n) is 2.08. The van der Waals surface area contributed by atoms with Gasteiger partial charge < -0.3 is 10.1 Å². The molecule has 0 spiro atoms. The van der Waals surface area contributed by atoms with Gasteiger partial charge in [0.25, 0.3) is 5.91 Å². The van der Waals surface area contributed by atoms with Crippen LogP contribution < -0.4 is 5.32 Å². The van der Waals surface area contributed by atoms with E-state index in [4.69, 9.17) is 4.74 Å². The smallest absolute Gasteiger partial charge is 0.306 e. The van der Waals surface area contributed by atoms with E-state index >= 15 is 0 Å². The van der Waals surface area contributed by atoms with Crippen molar-refractivity contribution in [3.63, 3.8) is 0 Å². The van der Waals surface area contributed by atoms with Gasteiger partial charge in [0.2, 0.25) is 0 Å². The topological polar surface area (TPSA) is 55.4 Å². The second-order valence-corrected chi connectivity index (χ2v) is 5.34. The van der Waals surface area contributed by atoms with Crippen LogP contribution in [0.15, 0.2) is 42.5 Å². The molecule has 1 N–H and O–H groups in total. The molecular weight excluding hydrogens is 335 g/mol. The summed E-state index contributed by atoms with van der Waals surface area (Å²) in [5.41, 5.74) is 0.0117. The first-order valence-electron chi connectivity index (χ1n) is 7.55. The summed E-state index contributed by atoms with van der Waals surface area (Å²) in [7, 11) is 0. The van der Waals surface area contributed by atoms with Gasteiger partial charge in [-0.15, -0.1) is 0 Å². The Kier molecular flexibility index (Phi) is 6.16. The van der Waals surface area contributed by atoms with Gasteiger partial charge in [-0.1, -0.05) is 18.2 Å². The fraction of sp³-hybridized carbons (Fsp3) is 0.222. The van der Waals surface area contributed by atoms with E-state index in [1.54, 1.807) is 12.1 Å². The summed E-state index contributed by atoms with van der Waals surface area (Å²) in [6.07, 6.45) is -1.21. The molecule has 0 aliphatic rings. The third-order valence-electron chi connectivity index (χ3n) is 3.42. The Morgan fingerprint density at radius 1 is 1.08 bits per heavy atom. The molecule has 25 heavy (non-hydrogen) atoms. The van der Waals surface area contributed by atoms with E-state index in [9.17, 15) is 22.8 Å². The largest absolute Gasteiger partial charge is 0.453 e. The highest BCUT2D eigenvalue weighted by Crippen LogP contribution is 2.16. The van der Waals surface area contributed by atoms with E-state index in [0.717, 1.165) is 18.2 Å². The van der Waals surface area contributed by atoms with E-state index in [1.165, 1.54) is 19.1 Å². The number of benzene rings is 2. The number of esters is 1. The third-order valence-corrected chi connectivity index (χ3v) is 3.42. The van der Waals surface area contributed by atoms with Crippen molar-refractivity contribution >= 4 is 17.6 Å². The van der Waals surface area contributed by atoms with Crippen LogP contribution in [0.25, 0.3) is 0 Å². The maximum atomic E-state index is 13.5. The number of hydrogen-bond donors (Lipinski definition) is 1. The average Bonchev–Trinajstić information content (AvgIpc) is 2.57. The minimum absolute atomic E-state index is 0.118. The molecule has 0 unspecified atom stereocenters. The first-order valence-corrected chi connectivity index (χ1v) is 7.55. The number of carbonyl (C=O) groups is 2. The molecule has 1 amide bonds. The van der Waals surface area contributed by atoms with E-state index in [1.807, 2.05) is 0 Å². The van der Waals surface area contributed by atoms with Crippen molar-refractivity contribution in [3.05, 3.63) is 65.5 Å². The summed E-state index contributed by atoms with van der Waals surface area (Å²) in [4.78, 5) is 23.7. The van der Waals surface area contributed by atoms with Crippen molar-refractivity contribution in [2.24, 2.45) is 0 Å². The Morgan fingerprint density at radius 2 is 1.80 bits per heavy atom. The van der Waals surface area contributed by atoms with E-state index in [0.29, 0.717) is 5.56 Å². The molecule has 2 aromatic rings. The van der Waals surface area contributed by atoms with Gasteiger partial charge in [0.1, 0.15) is 17.5 Å². The maximum absolute atomic E-state index is 13.5. The fourth-order valence-corrected chi connectivity index (χ4v) is 2.08. The lowest BCUT2D eigenvalue weighted by Crippen LogP contribution is -2.30. The van der Waals surface area contributed by atoms with Crippen molar-refractivity contribution in [2.75, 3.05) is 5.32 Å². The van der Waals surface area contributed by atoms with Gasteiger partial charge in [-0.3, -0.25) is 9.59 Å². The standard InChI is InChI=1S/C18H16F3NO3/c1-11(18(24)22-16-10-13(19)7-8-15(16)21)25-17(23)9-6-12-4-2-3-5-14(12)20/h2-5,7-8,10-11H,6,9H2,1H3,(H,22,24)/t11-/m0/s1. The van der Waals surface area contributed by atoms with Crippen molar-refractivity contribution < 1.29 is 27.5 Å². The van der Waals surface area contributed by atoms with Crippen molar-refractivity contribution in [1.82, 2.24) is 0 Å². The lowest BCUT2D eigenvalue weighted by Gasteiger charge is -2.14. The van der Waals surface area contributed by atoms with Gasteiger partial charge in [0.05, 0.1) is 5.69 Å². The second-order valence-electron chi connectivity index (χ2n) is 5.34. The number of hydrogen-bond acceptors (Lipinski definition) is 3. The number of halogens is 3. The molecule has 7 heteroatoms. The zero-order valence-electron chi connectivity index (χ0n) is 13.4. The van der Waals surface area contributed by atoms with Gasteiger partial charge in [0, 0.05) is 12.5 Å². The highest BCUT2D eigenvalue weighted by atomic mass is 19.1. The zero-order chi connectivity index (χ0) is 18.4. The molecule has 2 aromatic carbocycles. The van der Waals surface area contributed by atoms with Crippen LogP contribution >= 0.6 is 0 Å². The minimum Gasteiger partial charge on any atom is -0.453 e. The number of anilines is 1. The molecule has 2 rings (SSSR count). The predicted molar refractivity (Wildman–Crippen MR) is 85.3 cm³/mol. The van der Waals surface area contributed by atoms with Crippen LogP contribution in [0.5, 0.6) is 0 Å². The number of aryl methyl sites for hydroxylation is 1. The summed E-state index contributed by atoms with van der Waals surface area (Å²) in [6, 6.07) is 8.62. The SMILES string of the molecule is C[C@H](OC(=O)CCc1ccccc1F)C(=O)Nc1cc(F)ccc1F. The average molecular weight is 351 g/mol. The summed E-state index contributed by atoms with van der Waals surface area (Å²) in [6.45, 7) is 1.30. The third kappa shape index (κ3) is 5.34. The highest BCUT2D eigenvalue weighted by molar-refractivity contribution is 5.95. The van der Waals surface area contributed by atoms with Crippen molar-refractivity contribution in [3.8, 4) is 0 Å². The molecule has 1 atom stereocenters. The highest BCUT2D eigenvalue weighted by Gasteiger charge is 2.19. The molecule has 0 aliphatic heterocycles. The van der Waals surface area contributed by atoms with Crippen LogP contribution in [0, 0.1) is 17.5 Å². The van der Waals surface area contributed by atoms with E-state index in [2.05, 4.69) is 5.32 Å². The molecule has 0 saturated heterocycles. The Morgan fingerprint density at radius 3 is 2.52 bits per heavy atom. The number of rotatable bonds is 6. The minimum atomic E-state index is -1.21. The number of nitrogens with one attached hydrogen (secondary N) is 1. The Balaban J connectivity index is 1.87. The summed E-state index contributed by atoms with van der Waals surface area (Å²) < 4.78 is 44.9. The summed E-state index contributed by atoms with van der Waals surface area (Å²) >= 11 is 0. The number of amides is 1. The lowest BCUT2D eigenvalue weighted by atomic mass is 10.1. The van der Waals surface area contributed by atoms with Crippen LogP contribution in [0.4, 0.5) is 18.9 Å². The van der Waals surface area contributed by atoms with Crippen molar-refractivity contribution in [2.45, 2.75) is 25.9 Å². The lowest BCUT2D eigenvalue weighted by molar-refractivity contribution is -0.153. The Hall–Kier alpha value is -2.83. The molecule has 0 bridgehead atoms. The van der Waals surface area contributed by atoms with Crippen molar-refractivity contribution in [1.29, 1.82) is 0 Å². The van der Waals surface area contributed by atoms with Gasteiger partial charge in [-0.25, -0.2) is 13.2 Å². The molecule has 4 nitrogen and oxygen atoms in total. The van der Waals surface area contributed by atoms with E-state index < -0.39 is 35.4 Å². The maximum Gasteiger partial charge on any atom is 0.306 e. The first-order chi connectivity index (χ1) is 11.9. The quantitative estimate of drug-likeness (QED) is 0.809. The number of carbonyl (C=O) groups excluding carboxylic acids is 2. The normalized spacial score (nSPS) is 11.7. The molecule has 0 heterocycles. The van der Waals surface area contributed by atoms with Crippen LogP contribution in [0.3, 0.4) is 0 Å². The summed E-state index contributed by atoms with van der Waals surface area (Å²) in [5, 5.41) is 2.15. The predicted octanol–water partition coefficient (Wildman–Crippen LogP) is 3.61. The molecule has 0 fully saturated rings. The summed E-state index contributed by atoms with van der Waals surface area (Å²) in [5.74, 6) is -3.46. The molecule has 0 aromatic heterocycles. The van der Waals surface area contributed by atoms with Gasteiger partial charge in [-0.2, -0.15) is 0 Å². The zero-order valence-corrected chi connectivity index (χ0v) is 13.4. The molecular formula is C18H16F3NO3. The Labute approximate surface area is 142 Å². The van der Waals surface area contributed by atoms with Gasteiger partial charge in [0.15, 0.2) is 6.10 Å². The number of ether oxygens (including phenoxy) is 1. The second kappa shape index (κ2) is 8.32. The molecule has 0 saturated carbocycles. The van der Waals surface area contributed by atoms with Gasteiger partial charge >= 0.3 is 5.97 Å². The van der Waals surface area contributed by atoms with Gasteiger partial charge in [-0.05, 0) is 37.1 Å². The monoisotopic (exact) mass is 351 g/mol. The molecule has 0 radical (unpaired) electrons. The first kappa shape index (κ1) is 18.5.